The van der Waals surface area contributed by atoms with Crippen molar-refractivity contribution < 1.29 is 9.53 Å². The fourth-order valence-corrected chi connectivity index (χ4v) is 4.82. The number of aromatic nitrogens is 2. The number of thiocarbonyl (C=S) groups is 1. The second-order valence-electron chi connectivity index (χ2n) is 8.06. The van der Waals surface area contributed by atoms with Crippen molar-refractivity contribution in [3.63, 3.8) is 0 Å². The standard InChI is InChI=1S/C25H28N4O2S/c1-5-31-22(30)15-28-24(23(27-25(28)32)21-11-6-7-12-26-21)20-14-17(3)29(18(20)4)19-10-8-9-16(2)13-19/h6-14,23-24H,5,15H2,1-4H3,(H,27,32)/t23-,24-/m1/s1. The molecule has 0 aliphatic carbocycles. The second kappa shape index (κ2) is 9.12. The maximum Gasteiger partial charge on any atom is 0.325 e. The molecule has 1 N–H and O–H groups in total. The molecule has 4 rings (SSSR count). The smallest absolute Gasteiger partial charge is 0.325 e. The first-order valence-corrected chi connectivity index (χ1v) is 11.2. The van der Waals surface area contributed by atoms with Gasteiger partial charge in [-0.3, -0.25) is 9.78 Å². The third-order valence-corrected chi connectivity index (χ3v) is 6.20. The molecule has 0 amide bonds. The Morgan fingerprint density at radius 3 is 2.66 bits per heavy atom. The molecule has 0 unspecified atom stereocenters. The molecule has 0 spiro atoms. The van der Waals surface area contributed by atoms with E-state index in [0.717, 1.165) is 28.3 Å². The second-order valence-corrected chi connectivity index (χ2v) is 8.45. The van der Waals surface area contributed by atoms with E-state index in [1.807, 2.05) is 30.0 Å². The molecule has 0 bridgehead atoms. The van der Waals surface area contributed by atoms with Crippen molar-refractivity contribution >= 4 is 23.3 Å². The van der Waals surface area contributed by atoms with Gasteiger partial charge in [0.15, 0.2) is 5.11 Å². The van der Waals surface area contributed by atoms with Crippen molar-refractivity contribution in [2.75, 3.05) is 13.2 Å². The van der Waals surface area contributed by atoms with Crippen LogP contribution in [-0.4, -0.2) is 38.7 Å². The molecule has 0 saturated carbocycles. The fraction of sp³-hybridized carbons (Fsp3) is 0.320. The number of aryl methyl sites for hydroxylation is 2. The van der Waals surface area contributed by atoms with E-state index in [1.165, 1.54) is 5.56 Å². The van der Waals surface area contributed by atoms with Gasteiger partial charge in [-0.05, 0) is 81.4 Å². The number of hydrogen-bond acceptors (Lipinski definition) is 4. The minimum Gasteiger partial charge on any atom is -0.465 e. The first kappa shape index (κ1) is 22.0. The fourth-order valence-electron chi connectivity index (χ4n) is 4.51. The minimum absolute atomic E-state index is 0.0851. The van der Waals surface area contributed by atoms with Crippen LogP contribution >= 0.6 is 12.2 Å². The first-order chi connectivity index (χ1) is 15.4. The molecule has 1 fully saturated rings. The van der Waals surface area contributed by atoms with Gasteiger partial charge in [-0.15, -0.1) is 0 Å². The molecule has 166 valence electrons. The number of benzene rings is 1. The summed E-state index contributed by atoms with van der Waals surface area (Å²) in [6, 6.07) is 16.1. The Labute approximate surface area is 194 Å². The third-order valence-electron chi connectivity index (χ3n) is 5.85. The van der Waals surface area contributed by atoms with Crippen LogP contribution < -0.4 is 5.32 Å². The largest absolute Gasteiger partial charge is 0.465 e. The quantitative estimate of drug-likeness (QED) is 0.447. The van der Waals surface area contributed by atoms with Crippen LogP contribution in [0.15, 0.2) is 54.7 Å². The van der Waals surface area contributed by atoms with Crippen LogP contribution in [0, 0.1) is 20.8 Å². The van der Waals surface area contributed by atoms with E-state index in [4.69, 9.17) is 17.0 Å². The molecule has 1 aliphatic rings. The highest BCUT2D eigenvalue weighted by atomic mass is 32.1. The number of esters is 1. The van der Waals surface area contributed by atoms with Crippen molar-refractivity contribution in [1.29, 1.82) is 0 Å². The van der Waals surface area contributed by atoms with Crippen LogP contribution in [0.1, 0.15) is 47.2 Å². The highest BCUT2D eigenvalue weighted by Crippen LogP contribution is 2.41. The van der Waals surface area contributed by atoms with Crippen LogP contribution in [0.2, 0.25) is 0 Å². The predicted molar refractivity (Wildman–Crippen MR) is 129 cm³/mol. The van der Waals surface area contributed by atoms with Crippen LogP contribution in [0.3, 0.4) is 0 Å². The number of nitrogens with zero attached hydrogens (tertiary/aromatic N) is 3. The maximum absolute atomic E-state index is 12.4. The summed E-state index contributed by atoms with van der Waals surface area (Å²) >= 11 is 5.66. The van der Waals surface area contributed by atoms with Gasteiger partial charge in [0.2, 0.25) is 0 Å². The van der Waals surface area contributed by atoms with Crippen molar-refractivity contribution in [2.24, 2.45) is 0 Å². The molecular weight excluding hydrogens is 420 g/mol. The summed E-state index contributed by atoms with van der Waals surface area (Å²) < 4.78 is 7.48. The zero-order valence-electron chi connectivity index (χ0n) is 18.8. The molecule has 3 aromatic rings. The van der Waals surface area contributed by atoms with Crippen molar-refractivity contribution in [3.05, 3.63) is 82.9 Å². The van der Waals surface area contributed by atoms with Gasteiger partial charge in [-0.2, -0.15) is 0 Å². The molecule has 1 aromatic carbocycles. The lowest BCUT2D eigenvalue weighted by molar-refractivity contribution is -0.143. The number of hydrogen-bond donors (Lipinski definition) is 1. The Bertz CT molecular complexity index is 1140. The number of pyridine rings is 1. The molecule has 2 aromatic heterocycles. The molecule has 32 heavy (non-hydrogen) atoms. The highest BCUT2D eigenvalue weighted by molar-refractivity contribution is 7.80. The topological polar surface area (TPSA) is 59.4 Å². The van der Waals surface area contributed by atoms with Gasteiger partial charge in [-0.1, -0.05) is 18.2 Å². The van der Waals surface area contributed by atoms with Gasteiger partial charge in [0.05, 0.1) is 24.4 Å². The van der Waals surface area contributed by atoms with E-state index in [2.05, 4.69) is 66.0 Å². The molecule has 1 saturated heterocycles. The van der Waals surface area contributed by atoms with Gasteiger partial charge < -0.3 is 19.5 Å². The van der Waals surface area contributed by atoms with Crippen molar-refractivity contribution in [1.82, 2.24) is 19.8 Å². The summed E-state index contributed by atoms with van der Waals surface area (Å²) in [5, 5.41) is 3.93. The summed E-state index contributed by atoms with van der Waals surface area (Å²) in [5.74, 6) is -0.296. The summed E-state index contributed by atoms with van der Waals surface area (Å²) in [4.78, 5) is 18.9. The van der Waals surface area contributed by atoms with E-state index in [-0.39, 0.29) is 24.6 Å². The van der Waals surface area contributed by atoms with Gasteiger partial charge in [0.25, 0.3) is 0 Å². The van der Waals surface area contributed by atoms with E-state index in [0.29, 0.717) is 11.7 Å². The summed E-state index contributed by atoms with van der Waals surface area (Å²) in [5.41, 5.74) is 6.54. The molecule has 6 nitrogen and oxygen atoms in total. The molecule has 3 heterocycles. The lowest BCUT2D eigenvalue weighted by atomic mass is 9.97. The zero-order chi connectivity index (χ0) is 22.8. The average molecular weight is 449 g/mol. The molecule has 1 aliphatic heterocycles. The first-order valence-electron chi connectivity index (χ1n) is 10.8. The number of carbonyl (C=O) groups excluding carboxylic acids is 1. The van der Waals surface area contributed by atoms with Crippen LogP contribution in [0.4, 0.5) is 0 Å². The lowest BCUT2D eigenvalue weighted by Crippen LogP contribution is -2.35. The molecule has 0 radical (unpaired) electrons. The van der Waals surface area contributed by atoms with Crippen molar-refractivity contribution in [3.8, 4) is 5.69 Å². The lowest BCUT2D eigenvalue weighted by Gasteiger charge is -2.27. The summed E-state index contributed by atoms with van der Waals surface area (Å²) in [6.45, 7) is 8.54. The Morgan fingerprint density at radius 1 is 1.16 bits per heavy atom. The van der Waals surface area contributed by atoms with Crippen molar-refractivity contribution in [2.45, 2.75) is 39.8 Å². The Kier molecular flexibility index (Phi) is 6.28. The summed E-state index contributed by atoms with van der Waals surface area (Å²) in [7, 11) is 0. The van der Waals surface area contributed by atoms with Crippen LogP contribution in [0.25, 0.3) is 5.69 Å². The number of rotatable bonds is 6. The maximum atomic E-state index is 12.4. The Balaban J connectivity index is 1.81. The van der Waals surface area contributed by atoms with Gasteiger partial charge in [0.1, 0.15) is 6.54 Å². The van der Waals surface area contributed by atoms with E-state index in [9.17, 15) is 4.79 Å². The molecular formula is C25H28N4O2S. The molecule has 2 atom stereocenters. The zero-order valence-corrected chi connectivity index (χ0v) is 19.6. The van der Waals surface area contributed by atoms with Gasteiger partial charge in [-0.25, -0.2) is 0 Å². The number of nitrogens with one attached hydrogen (secondary N) is 1. The number of carbonyl (C=O) groups is 1. The van der Waals surface area contributed by atoms with Crippen LogP contribution in [-0.2, 0) is 9.53 Å². The minimum atomic E-state index is -0.296. The van der Waals surface area contributed by atoms with Gasteiger partial charge >= 0.3 is 5.97 Å². The Morgan fingerprint density at radius 2 is 1.97 bits per heavy atom. The number of ether oxygens (including phenoxy) is 1. The molecule has 7 heteroatoms. The SMILES string of the molecule is CCOC(=O)CN1C(=S)N[C@H](c2ccccn2)[C@H]1c1cc(C)n(-c2cccc(C)c2)c1C. The average Bonchev–Trinajstić information content (AvgIpc) is 3.24. The van der Waals surface area contributed by atoms with E-state index < -0.39 is 0 Å². The van der Waals surface area contributed by atoms with E-state index >= 15 is 0 Å². The highest BCUT2D eigenvalue weighted by Gasteiger charge is 2.42. The normalized spacial score (nSPS) is 18.0. The Hall–Kier alpha value is -3.19. The predicted octanol–water partition coefficient (Wildman–Crippen LogP) is 4.33. The van der Waals surface area contributed by atoms with Crippen LogP contribution in [0.5, 0.6) is 0 Å². The van der Waals surface area contributed by atoms with Gasteiger partial charge in [0, 0.05) is 23.3 Å². The summed E-state index contributed by atoms with van der Waals surface area (Å²) in [6.07, 6.45) is 1.78. The van der Waals surface area contributed by atoms with E-state index in [1.54, 1.807) is 6.20 Å². The monoisotopic (exact) mass is 448 g/mol. The third kappa shape index (κ3) is 4.12.